The number of urea groups is 1. The Balaban J connectivity index is 1.47. The van der Waals surface area contributed by atoms with Gasteiger partial charge in [0.05, 0.1) is 24.9 Å². The van der Waals surface area contributed by atoms with E-state index >= 15 is 0 Å². The molecule has 160 valence electrons. The monoisotopic (exact) mass is 417 g/mol. The quantitative estimate of drug-likeness (QED) is 0.608. The van der Waals surface area contributed by atoms with Crippen molar-refractivity contribution in [1.82, 2.24) is 20.6 Å². The van der Waals surface area contributed by atoms with Crippen molar-refractivity contribution >= 4 is 22.8 Å². The molecule has 0 aliphatic carbocycles. The van der Waals surface area contributed by atoms with Gasteiger partial charge in [-0.25, -0.2) is 9.78 Å². The van der Waals surface area contributed by atoms with E-state index < -0.39 is 0 Å². The number of H-pyrrole nitrogens is 1. The van der Waals surface area contributed by atoms with E-state index in [9.17, 15) is 4.79 Å². The topological polar surface area (TPSA) is 82.3 Å². The fraction of sp³-hybridized carbons (Fsp3) is 0.417. The molecule has 3 aliphatic rings. The molecule has 2 amide bonds. The maximum atomic E-state index is 12.4. The molecule has 1 unspecified atom stereocenters. The summed E-state index contributed by atoms with van der Waals surface area (Å²) < 4.78 is 5.79. The van der Waals surface area contributed by atoms with Gasteiger partial charge in [0.2, 0.25) is 0 Å². The molecule has 0 radical (unpaired) electrons. The molecule has 7 nitrogen and oxygen atoms in total. The van der Waals surface area contributed by atoms with E-state index in [-0.39, 0.29) is 12.1 Å². The minimum absolute atomic E-state index is 0.0535. The molecule has 6 rings (SSSR count). The number of anilines is 1. The number of aromatic amines is 1. The number of benzene rings is 1. The second kappa shape index (κ2) is 7.35. The van der Waals surface area contributed by atoms with E-state index in [1.165, 1.54) is 28.7 Å². The number of hydrogen-bond acceptors (Lipinski definition) is 4. The molecule has 7 heteroatoms. The second-order valence-corrected chi connectivity index (χ2v) is 8.85. The predicted octanol–water partition coefficient (Wildman–Crippen LogP) is 3.65. The Labute approximate surface area is 181 Å². The highest BCUT2D eigenvalue weighted by molar-refractivity contribution is 6.04. The number of ether oxygens (including phenoxy) is 1. The highest BCUT2D eigenvalue weighted by Gasteiger charge is 2.30. The number of carbonyl (C=O) groups is 1. The molecule has 2 saturated heterocycles. The van der Waals surface area contributed by atoms with Crippen LogP contribution in [0.1, 0.15) is 42.5 Å². The lowest BCUT2D eigenvalue weighted by Crippen LogP contribution is -2.32. The van der Waals surface area contributed by atoms with Crippen molar-refractivity contribution in [2.75, 3.05) is 24.6 Å². The van der Waals surface area contributed by atoms with Crippen LogP contribution in [-0.4, -0.2) is 41.7 Å². The van der Waals surface area contributed by atoms with Crippen LogP contribution in [0.5, 0.6) is 0 Å². The first-order chi connectivity index (χ1) is 15.2. The van der Waals surface area contributed by atoms with Gasteiger partial charge in [-0.15, -0.1) is 0 Å². The molecular formula is C24H27N5O2. The van der Waals surface area contributed by atoms with Crippen LogP contribution in [0.15, 0.2) is 30.6 Å². The molecule has 3 aromatic rings. The van der Waals surface area contributed by atoms with E-state index in [1.54, 1.807) is 0 Å². The van der Waals surface area contributed by atoms with Crippen molar-refractivity contribution in [3.63, 3.8) is 0 Å². The first kappa shape index (κ1) is 18.8. The lowest BCUT2D eigenvalue weighted by atomic mass is 9.88. The molecule has 5 heterocycles. The lowest BCUT2D eigenvalue weighted by Gasteiger charge is -2.24. The van der Waals surface area contributed by atoms with E-state index in [4.69, 9.17) is 4.74 Å². The summed E-state index contributed by atoms with van der Waals surface area (Å²) in [6.45, 7) is 5.25. The average Bonchev–Trinajstić information content (AvgIpc) is 3.53. The highest BCUT2D eigenvalue weighted by atomic mass is 16.5. The van der Waals surface area contributed by atoms with Gasteiger partial charge in [0.25, 0.3) is 0 Å². The first-order valence-electron chi connectivity index (χ1n) is 11.2. The SMILES string of the molecule is CC1CNC(=O)N1c1c[nH]c2ncc(-c3cc4c(c([C@@H]5CCCN5)c3)COCC4)cc12. The maximum absolute atomic E-state index is 12.4. The Bertz CT molecular complexity index is 1160. The van der Waals surface area contributed by atoms with E-state index in [1.807, 2.05) is 17.3 Å². The van der Waals surface area contributed by atoms with Crippen LogP contribution in [0.4, 0.5) is 10.5 Å². The summed E-state index contributed by atoms with van der Waals surface area (Å²) in [6.07, 6.45) is 7.14. The third-order valence-corrected chi connectivity index (χ3v) is 6.89. The summed E-state index contributed by atoms with van der Waals surface area (Å²) in [5.74, 6) is 0. The van der Waals surface area contributed by atoms with Gasteiger partial charge >= 0.3 is 6.03 Å². The van der Waals surface area contributed by atoms with Crippen molar-refractivity contribution in [3.8, 4) is 11.1 Å². The van der Waals surface area contributed by atoms with Crippen LogP contribution in [-0.2, 0) is 17.8 Å². The summed E-state index contributed by atoms with van der Waals surface area (Å²) in [6, 6.07) is 7.23. The predicted molar refractivity (Wildman–Crippen MR) is 120 cm³/mol. The molecule has 3 aliphatic heterocycles. The third kappa shape index (κ3) is 3.11. The summed E-state index contributed by atoms with van der Waals surface area (Å²) in [5.41, 5.74) is 8.05. The van der Waals surface area contributed by atoms with Crippen molar-refractivity contribution in [2.45, 2.75) is 44.9 Å². The van der Waals surface area contributed by atoms with E-state index in [0.29, 0.717) is 19.2 Å². The van der Waals surface area contributed by atoms with Crippen LogP contribution < -0.4 is 15.5 Å². The zero-order valence-corrected chi connectivity index (χ0v) is 17.7. The molecular weight excluding hydrogens is 390 g/mol. The third-order valence-electron chi connectivity index (χ3n) is 6.89. The molecule has 2 aromatic heterocycles. The van der Waals surface area contributed by atoms with Crippen LogP contribution in [0.2, 0.25) is 0 Å². The molecule has 0 bridgehead atoms. The Morgan fingerprint density at radius 2 is 2.16 bits per heavy atom. The first-order valence-corrected chi connectivity index (χ1v) is 11.2. The molecule has 2 atom stereocenters. The van der Waals surface area contributed by atoms with Gasteiger partial charge in [0.15, 0.2) is 0 Å². The van der Waals surface area contributed by atoms with Gasteiger partial charge < -0.3 is 20.4 Å². The largest absolute Gasteiger partial charge is 0.376 e. The van der Waals surface area contributed by atoms with Gasteiger partial charge in [-0.1, -0.05) is 6.07 Å². The minimum Gasteiger partial charge on any atom is -0.376 e. The van der Waals surface area contributed by atoms with E-state index in [0.717, 1.165) is 48.3 Å². The highest BCUT2D eigenvalue weighted by Crippen LogP contribution is 2.37. The zero-order chi connectivity index (χ0) is 20.9. The van der Waals surface area contributed by atoms with Crippen molar-refractivity contribution in [1.29, 1.82) is 0 Å². The van der Waals surface area contributed by atoms with Crippen molar-refractivity contribution < 1.29 is 9.53 Å². The Hall–Kier alpha value is -2.90. The molecule has 0 saturated carbocycles. The summed E-state index contributed by atoms with van der Waals surface area (Å²) in [5, 5.41) is 7.56. The number of hydrogen-bond donors (Lipinski definition) is 3. The fourth-order valence-electron chi connectivity index (χ4n) is 5.24. The number of fused-ring (bicyclic) bond motifs is 2. The number of nitrogens with zero attached hydrogens (tertiary/aromatic N) is 2. The summed E-state index contributed by atoms with van der Waals surface area (Å²) in [7, 11) is 0. The number of aromatic nitrogens is 2. The maximum Gasteiger partial charge on any atom is 0.322 e. The van der Waals surface area contributed by atoms with Crippen LogP contribution in [0.3, 0.4) is 0 Å². The second-order valence-electron chi connectivity index (χ2n) is 8.85. The summed E-state index contributed by atoms with van der Waals surface area (Å²) >= 11 is 0. The Morgan fingerprint density at radius 1 is 1.23 bits per heavy atom. The molecule has 0 spiro atoms. The standard InChI is InChI=1S/C24H27N5O2/c1-14-10-28-24(30)29(14)22-12-27-23-19(22)9-17(11-26-23)16-7-15-4-6-31-13-20(15)18(8-16)21-3-2-5-25-21/h7-9,11-12,14,21,25H,2-6,10,13H2,1H3,(H,26,27)(H,28,30)/t14?,21-/m0/s1. The molecule has 3 N–H and O–H groups in total. The van der Waals surface area contributed by atoms with Gasteiger partial charge in [0, 0.05) is 35.9 Å². The van der Waals surface area contributed by atoms with Gasteiger partial charge in [-0.3, -0.25) is 4.90 Å². The molecule has 1 aromatic carbocycles. The van der Waals surface area contributed by atoms with E-state index in [2.05, 4.69) is 45.7 Å². The number of amides is 2. The van der Waals surface area contributed by atoms with Crippen LogP contribution in [0.25, 0.3) is 22.2 Å². The van der Waals surface area contributed by atoms with Crippen molar-refractivity contribution in [3.05, 3.63) is 47.3 Å². The smallest absolute Gasteiger partial charge is 0.322 e. The average molecular weight is 418 g/mol. The summed E-state index contributed by atoms with van der Waals surface area (Å²) in [4.78, 5) is 22.1. The van der Waals surface area contributed by atoms with Gasteiger partial charge in [-0.05, 0) is 67.1 Å². The number of carbonyl (C=O) groups excluding carboxylic acids is 1. The van der Waals surface area contributed by atoms with Crippen LogP contribution >= 0.6 is 0 Å². The fourth-order valence-corrected chi connectivity index (χ4v) is 5.24. The zero-order valence-electron chi connectivity index (χ0n) is 17.7. The molecule has 2 fully saturated rings. The van der Waals surface area contributed by atoms with Gasteiger partial charge in [0.1, 0.15) is 5.65 Å². The lowest BCUT2D eigenvalue weighted by molar-refractivity contribution is 0.109. The number of pyridine rings is 1. The van der Waals surface area contributed by atoms with Gasteiger partial charge in [-0.2, -0.15) is 0 Å². The normalized spacial score (nSPS) is 23.4. The number of nitrogens with one attached hydrogen (secondary N) is 3. The Kier molecular flexibility index (Phi) is 4.47. The van der Waals surface area contributed by atoms with Crippen LogP contribution in [0, 0.1) is 0 Å². The molecule has 31 heavy (non-hydrogen) atoms. The Morgan fingerprint density at radius 3 is 2.97 bits per heavy atom. The minimum atomic E-state index is -0.0535. The van der Waals surface area contributed by atoms with Crippen molar-refractivity contribution in [2.24, 2.45) is 0 Å². The number of rotatable bonds is 3.